The van der Waals surface area contributed by atoms with Crippen molar-refractivity contribution >= 4 is 17.9 Å². The van der Waals surface area contributed by atoms with Crippen LogP contribution in [0.5, 0.6) is 0 Å². The van der Waals surface area contributed by atoms with Crippen LogP contribution in [0.1, 0.15) is 19.4 Å². The molecule has 0 unspecified atom stereocenters. The van der Waals surface area contributed by atoms with Crippen molar-refractivity contribution in [1.82, 2.24) is 4.98 Å². The highest BCUT2D eigenvalue weighted by atomic mass is 16.5. The van der Waals surface area contributed by atoms with Gasteiger partial charge < -0.3 is 10.5 Å². The maximum atomic E-state index is 11.1. The van der Waals surface area contributed by atoms with E-state index in [0.29, 0.717) is 5.82 Å². The van der Waals surface area contributed by atoms with Crippen molar-refractivity contribution in [3.63, 3.8) is 0 Å². The number of ether oxygens (including phenoxy) is 1. The fourth-order valence-electron chi connectivity index (χ4n) is 0.951. The number of anilines is 1. The third-order valence-electron chi connectivity index (χ3n) is 1.57. The first-order valence-electron chi connectivity index (χ1n) is 4.68. The van der Waals surface area contributed by atoms with Gasteiger partial charge in [0.2, 0.25) is 0 Å². The van der Waals surface area contributed by atoms with E-state index in [4.69, 9.17) is 10.5 Å². The zero-order valence-corrected chi connectivity index (χ0v) is 8.81. The normalized spacial score (nSPS) is 10.9. The van der Waals surface area contributed by atoms with E-state index in [1.807, 2.05) is 0 Å². The molecule has 0 spiro atoms. The van der Waals surface area contributed by atoms with E-state index >= 15 is 0 Å². The molecule has 0 aliphatic heterocycles. The van der Waals surface area contributed by atoms with Crippen LogP contribution in [-0.4, -0.2) is 17.1 Å². The Kier molecular flexibility index (Phi) is 3.85. The summed E-state index contributed by atoms with van der Waals surface area (Å²) in [4.78, 5) is 15.0. The molecule has 0 saturated carbocycles. The lowest BCUT2D eigenvalue weighted by atomic mass is 10.2. The summed E-state index contributed by atoms with van der Waals surface area (Å²) in [6.45, 7) is 3.60. The minimum atomic E-state index is -0.359. The number of hydrogen-bond acceptors (Lipinski definition) is 4. The number of carbonyl (C=O) groups is 1. The number of esters is 1. The maximum absolute atomic E-state index is 11.1. The van der Waals surface area contributed by atoms with Crippen LogP contribution in [0.2, 0.25) is 0 Å². The molecule has 0 aliphatic rings. The standard InChI is InChI=1S/C11H14N2O2/c1-8(2)15-11(14)6-4-9-3-5-10(12)13-7-9/h3-8H,1-2H3,(H2,12,13)/b6-4+. The summed E-state index contributed by atoms with van der Waals surface area (Å²) in [5.74, 6) is 0.0960. The Morgan fingerprint density at radius 1 is 1.53 bits per heavy atom. The van der Waals surface area contributed by atoms with Gasteiger partial charge in [-0.05, 0) is 37.6 Å². The zero-order valence-electron chi connectivity index (χ0n) is 8.81. The SMILES string of the molecule is CC(C)OC(=O)/C=C/c1ccc(N)nc1. The zero-order chi connectivity index (χ0) is 11.3. The van der Waals surface area contributed by atoms with Gasteiger partial charge in [0.1, 0.15) is 5.82 Å². The van der Waals surface area contributed by atoms with E-state index in [1.54, 1.807) is 38.3 Å². The number of rotatable bonds is 3. The van der Waals surface area contributed by atoms with Gasteiger partial charge in [0.05, 0.1) is 6.10 Å². The van der Waals surface area contributed by atoms with E-state index in [2.05, 4.69) is 4.98 Å². The first-order chi connectivity index (χ1) is 7.08. The lowest BCUT2D eigenvalue weighted by Crippen LogP contribution is -2.08. The fourth-order valence-corrected chi connectivity index (χ4v) is 0.951. The van der Waals surface area contributed by atoms with Crippen molar-refractivity contribution in [3.8, 4) is 0 Å². The smallest absolute Gasteiger partial charge is 0.331 e. The molecule has 0 amide bonds. The molecular weight excluding hydrogens is 192 g/mol. The lowest BCUT2D eigenvalue weighted by Gasteiger charge is -2.03. The van der Waals surface area contributed by atoms with Crippen LogP contribution in [0.25, 0.3) is 6.08 Å². The molecule has 0 saturated heterocycles. The van der Waals surface area contributed by atoms with Crippen LogP contribution in [0.3, 0.4) is 0 Å². The maximum Gasteiger partial charge on any atom is 0.331 e. The number of nitrogens with zero attached hydrogens (tertiary/aromatic N) is 1. The fraction of sp³-hybridized carbons (Fsp3) is 0.273. The minimum Gasteiger partial charge on any atom is -0.460 e. The van der Waals surface area contributed by atoms with Crippen LogP contribution in [-0.2, 0) is 9.53 Å². The van der Waals surface area contributed by atoms with Crippen LogP contribution >= 0.6 is 0 Å². The van der Waals surface area contributed by atoms with Gasteiger partial charge >= 0.3 is 5.97 Å². The molecule has 0 bridgehead atoms. The first-order valence-corrected chi connectivity index (χ1v) is 4.68. The number of aromatic nitrogens is 1. The van der Waals surface area contributed by atoms with Crippen LogP contribution in [0, 0.1) is 0 Å². The summed E-state index contributed by atoms with van der Waals surface area (Å²) in [7, 11) is 0. The van der Waals surface area contributed by atoms with E-state index < -0.39 is 0 Å². The molecule has 0 aromatic carbocycles. The molecule has 4 nitrogen and oxygen atoms in total. The molecule has 0 aliphatic carbocycles. The number of nitrogen functional groups attached to an aromatic ring is 1. The monoisotopic (exact) mass is 206 g/mol. The van der Waals surface area contributed by atoms with Crippen molar-refractivity contribution < 1.29 is 9.53 Å². The van der Waals surface area contributed by atoms with Gasteiger partial charge in [-0.3, -0.25) is 0 Å². The average Bonchev–Trinajstić information content (AvgIpc) is 2.16. The predicted octanol–water partition coefficient (Wildman–Crippen LogP) is 1.63. The van der Waals surface area contributed by atoms with E-state index in [1.165, 1.54) is 6.08 Å². The lowest BCUT2D eigenvalue weighted by molar-refractivity contribution is -0.141. The van der Waals surface area contributed by atoms with Crippen LogP contribution in [0.4, 0.5) is 5.82 Å². The van der Waals surface area contributed by atoms with Gasteiger partial charge in [0, 0.05) is 12.3 Å². The number of carbonyl (C=O) groups excluding carboxylic acids is 1. The Morgan fingerprint density at radius 3 is 2.80 bits per heavy atom. The molecule has 0 radical (unpaired) electrons. The second-order valence-electron chi connectivity index (χ2n) is 3.34. The van der Waals surface area contributed by atoms with Gasteiger partial charge in [-0.15, -0.1) is 0 Å². The molecular formula is C11H14N2O2. The van der Waals surface area contributed by atoms with Gasteiger partial charge in [-0.25, -0.2) is 9.78 Å². The first kappa shape index (κ1) is 11.2. The molecule has 2 N–H and O–H groups in total. The highest BCUT2D eigenvalue weighted by Gasteiger charge is 1.99. The summed E-state index contributed by atoms with van der Waals surface area (Å²) in [5, 5.41) is 0. The Morgan fingerprint density at radius 2 is 2.27 bits per heavy atom. The molecule has 0 fully saturated rings. The molecule has 1 heterocycles. The largest absolute Gasteiger partial charge is 0.460 e. The van der Waals surface area contributed by atoms with Gasteiger partial charge in [0.25, 0.3) is 0 Å². The Balaban J connectivity index is 2.57. The second kappa shape index (κ2) is 5.14. The van der Waals surface area contributed by atoms with Gasteiger partial charge in [0.15, 0.2) is 0 Å². The van der Waals surface area contributed by atoms with E-state index in [-0.39, 0.29) is 12.1 Å². The summed E-state index contributed by atoms with van der Waals surface area (Å²) in [6.07, 6.45) is 4.49. The minimum absolute atomic E-state index is 0.105. The summed E-state index contributed by atoms with van der Waals surface area (Å²) in [5.41, 5.74) is 6.23. The summed E-state index contributed by atoms with van der Waals surface area (Å²) >= 11 is 0. The summed E-state index contributed by atoms with van der Waals surface area (Å²) in [6, 6.07) is 3.45. The van der Waals surface area contributed by atoms with Crippen molar-refractivity contribution in [2.75, 3.05) is 5.73 Å². The van der Waals surface area contributed by atoms with E-state index in [9.17, 15) is 4.79 Å². The highest BCUT2D eigenvalue weighted by Crippen LogP contribution is 2.03. The Labute approximate surface area is 88.8 Å². The van der Waals surface area contributed by atoms with Crippen molar-refractivity contribution in [3.05, 3.63) is 30.0 Å². The van der Waals surface area contributed by atoms with Crippen molar-refractivity contribution in [2.45, 2.75) is 20.0 Å². The van der Waals surface area contributed by atoms with Gasteiger partial charge in [-0.1, -0.05) is 0 Å². The third kappa shape index (κ3) is 4.26. The number of pyridine rings is 1. The third-order valence-corrected chi connectivity index (χ3v) is 1.57. The van der Waals surface area contributed by atoms with Gasteiger partial charge in [-0.2, -0.15) is 0 Å². The van der Waals surface area contributed by atoms with E-state index in [0.717, 1.165) is 5.56 Å². The van der Waals surface area contributed by atoms with Crippen molar-refractivity contribution in [1.29, 1.82) is 0 Å². The summed E-state index contributed by atoms with van der Waals surface area (Å²) < 4.78 is 4.92. The Bertz CT molecular complexity index is 355. The Hall–Kier alpha value is -1.84. The second-order valence-corrected chi connectivity index (χ2v) is 3.34. The van der Waals surface area contributed by atoms with Crippen molar-refractivity contribution in [2.24, 2.45) is 0 Å². The molecule has 80 valence electrons. The number of hydrogen-bond donors (Lipinski definition) is 1. The predicted molar refractivity (Wildman–Crippen MR) is 58.9 cm³/mol. The molecule has 1 aromatic rings. The molecule has 15 heavy (non-hydrogen) atoms. The topological polar surface area (TPSA) is 65.2 Å². The molecule has 4 heteroatoms. The average molecular weight is 206 g/mol. The highest BCUT2D eigenvalue weighted by molar-refractivity contribution is 5.87. The number of nitrogens with two attached hydrogens (primary N) is 1. The van der Waals surface area contributed by atoms with Crippen LogP contribution < -0.4 is 5.73 Å². The quantitative estimate of drug-likeness (QED) is 0.603. The molecule has 0 atom stereocenters. The molecule has 1 rings (SSSR count). The molecule has 1 aromatic heterocycles. The van der Waals surface area contributed by atoms with Crippen LogP contribution in [0.15, 0.2) is 24.4 Å².